The molecule has 0 aliphatic rings. The standard InChI is InChI=1S/C9H10BrClO2/c10-5-8(12)6-13-9-3-1-2-7(11)4-9/h1-4,8,12H,5-6H2. The van der Waals surface area contributed by atoms with Crippen molar-refractivity contribution in [1.82, 2.24) is 0 Å². The topological polar surface area (TPSA) is 29.5 Å². The van der Waals surface area contributed by atoms with Gasteiger partial charge in [-0.05, 0) is 18.2 Å². The van der Waals surface area contributed by atoms with E-state index in [2.05, 4.69) is 15.9 Å². The third kappa shape index (κ3) is 3.98. The number of aliphatic hydroxyl groups excluding tert-OH is 1. The van der Waals surface area contributed by atoms with Gasteiger partial charge in [-0.1, -0.05) is 33.6 Å². The Kier molecular flexibility index (Phi) is 4.56. The molecule has 0 amide bonds. The van der Waals surface area contributed by atoms with Gasteiger partial charge in [0.2, 0.25) is 0 Å². The fraction of sp³-hybridized carbons (Fsp3) is 0.333. The molecule has 2 nitrogen and oxygen atoms in total. The second-order valence-electron chi connectivity index (χ2n) is 2.58. The van der Waals surface area contributed by atoms with Crippen LogP contribution < -0.4 is 4.74 Å². The monoisotopic (exact) mass is 264 g/mol. The van der Waals surface area contributed by atoms with Gasteiger partial charge in [0.1, 0.15) is 12.4 Å². The Morgan fingerprint density at radius 2 is 2.31 bits per heavy atom. The summed E-state index contributed by atoms with van der Waals surface area (Å²) in [4.78, 5) is 0. The summed E-state index contributed by atoms with van der Waals surface area (Å²) >= 11 is 8.89. The van der Waals surface area contributed by atoms with Crippen LogP contribution in [0.5, 0.6) is 5.75 Å². The molecule has 1 aromatic carbocycles. The van der Waals surface area contributed by atoms with Crippen LogP contribution in [0.2, 0.25) is 5.02 Å². The SMILES string of the molecule is OC(CBr)COc1cccc(Cl)c1. The number of ether oxygens (including phenoxy) is 1. The number of hydrogen-bond donors (Lipinski definition) is 1. The molecule has 1 rings (SSSR count). The van der Waals surface area contributed by atoms with E-state index in [4.69, 9.17) is 16.3 Å². The van der Waals surface area contributed by atoms with Crippen molar-refractivity contribution < 1.29 is 9.84 Å². The fourth-order valence-corrected chi connectivity index (χ4v) is 1.16. The Balaban J connectivity index is 2.45. The van der Waals surface area contributed by atoms with Gasteiger partial charge in [0.25, 0.3) is 0 Å². The minimum absolute atomic E-state index is 0.269. The van der Waals surface area contributed by atoms with Gasteiger partial charge in [0, 0.05) is 10.4 Å². The highest BCUT2D eigenvalue weighted by Gasteiger charge is 2.02. The lowest BCUT2D eigenvalue weighted by Crippen LogP contribution is -2.18. The lowest BCUT2D eigenvalue weighted by atomic mass is 10.3. The quantitative estimate of drug-likeness (QED) is 0.848. The molecule has 13 heavy (non-hydrogen) atoms. The molecule has 72 valence electrons. The van der Waals surface area contributed by atoms with Crippen molar-refractivity contribution in [3.8, 4) is 5.75 Å². The van der Waals surface area contributed by atoms with E-state index in [9.17, 15) is 5.11 Å². The van der Waals surface area contributed by atoms with E-state index >= 15 is 0 Å². The molecule has 0 aromatic heterocycles. The van der Waals surface area contributed by atoms with Gasteiger partial charge in [0.15, 0.2) is 0 Å². The normalized spacial score (nSPS) is 12.5. The first-order chi connectivity index (χ1) is 6.22. The van der Waals surface area contributed by atoms with Gasteiger partial charge in [-0.15, -0.1) is 0 Å². The number of rotatable bonds is 4. The van der Waals surface area contributed by atoms with Crippen molar-refractivity contribution >= 4 is 27.5 Å². The minimum atomic E-state index is -0.487. The Hall–Kier alpha value is -0.250. The maximum absolute atomic E-state index is 9.18. The molecule has 1 atom stereocenters. The molecular formula is C9H10BrClO2. The molecule has 0 aliphatic heterocycles. The van der Waals surface area contributed by atoms with Crippen molar-refractivity contribution in [3.63, 3.8) is 0 Å². The first-order valence-corrected chi connectivity index (χ1v) is 5.34. The van der Waals surface area contributed by atoms with Gasteiger partial charge in [-0.3, -0.25) is 0 Å². The molecule has 0 spiro atoms. The average Bonchev–Trinajstić information content (AvgIpc) is 2.14. The minimum Gasteiger partial charge on any atom is -0.491 e. The summed E-state index contributed by atoms with van der Waals surface area (Å²) in [6.07, 6.45) is -0.487. The number of hydrogen-bond acceptors (Lipinski definition) is 2. The smallest absolute Gasteiger partial charge is 0.120 e. The molecule has 0 heterocycles. The van der Waals surface area contributed by atoms with Crippen LogP contribution in [0.4, 0.5) is 0 Å². The van der Waals surface area contributed by atoms with E-state index in [1.54, 1.807) is 24.3 Å². The van der Waals surface area contributed by atoms with Crippen molar-refractivity contribution in [2.45, 2.75) is 6.10 Å². The highest BCUT2D eigenvalue weighted by molar-refractivity contribution is 9.09. The van der Waals surface area contributed by atoms with E-state index in [0.717, 1.165) is 0 Å². The summed E-state index contributed by atoms with van der Waals surface area (Å²) in [6.45, 7) is 0.269. The Morgan fingerprint density at radius 3 is 2.92 bits per heavy atom. The zero-order valence-corrected chi connectivity index (χ0v) is 9.25. The van der Waals surface area contributed by atoms with E-state index < -0.39 is 6.10 Å². The van der Waals surface area contributed by atoms with Gasteiger partial charge < -0.3 is 9.84 Å². The van der Waals surface area contributed by atoms with Crippen LogP contribution in [-0.2, 0) is 0 Å². The van der Waals surface area contributed by atoms with E-state index in [0.29, 0.717) is 16.1 Å². The summed E-state index contributed by atoms with van der Waals surface area (Å²) in [6, 6.07) is 7.09. The molecule has 4 heteroatoms. The zero-order chi connectivity index (χ0) is 9.68. The summed E-state index contributed by atoms with van der Waals surface area (Å²) in [5.41, 5.74) is 0. The molecule has 0 saturated heterocycles. The number of alkyl halides is 1. The van der Waals surface area contributed by atoms with Gasteiger partial charge >= 0.3 is 0 Å². The lowest BCUT2D eigenvalue weighted by molar-refractivity contribution is 0.127. The molecule has 0 saturated carbocycles. The van der Waals surface area contributed by atoms with Crippen LogP contribution in [0.1, 0.15) is 0 Å². The summed E-state index contributed by atoms with van der Waals surface area (Å²) in [7, 11) is 0. The third-order valence-corrected chi connectivity index (χ3v) is 2.40. The molecule has 0 bridgehead atoms. The Labute approximate surface area is 90.6 Å². The van der Waals surface area contributed by atoms with E-state index in [1.165, 1.54) is 0 Å². The van der Waals surface area contributed by atoms with Gasteiger partial charge in [-0.25, -0.2) is 0 Å². The molecule has 0 radical (unpaired) electrons. The fourth-order valence-electron chi connectivity index (χ4n) is 0.794. The number of aliphatic hydroxyl groups is 1. The van der Waals surface area contributed by atoms with Crippen LogP contribution in [0, 0.1) is 0 Å². The molecule has 1 N–H and O–H groups in total. The lowest BCUT2D eigenvalue weighted by Gasteiger charge is -2.09. The summed E-state index contributed by atoms with van der Waals surface area (Å²) in [5, 5.41) is 10.3. The Morgan fingerprint density at radius 1 is 1.54 bits per heavy atom. The molecule has 1 unspecified atom stereocenters. The highest BCUT2D eigenvalue weighted by Crippen LogP contribution is 2.17. The second kappa shape index (κ2) is 5.47. The predicted octanol–water partition coefficient (Wildman–Crippen LogP) is 2.47. The van der Waals surface area contributed by atoms with Gasteiger partial charge in [0.05, 0.1) is 6.10 Å². The van der Waals surface area contributed by atoms with Crippen molar-refractivity contribution in [2.75, 3.05) is 11.9 Å². The van der Waals surface area contributed by atoms with Crippen LogP contribution in [0.3, 0.4) is 0 Å². The Bertz CT molecular complexity index is 268. The highest BCUT2D eigenvalue weighted by atomic mass is 79.9. The molecule has 0 fully saturated rings. The summed E-state index contributed by atoms with van der Waals surface area (Å²) < 4.78 is 5.28. The average molecular weight is 266 g/mol. The summed E-state index contributed by atoms with van der Waals surface area (Å²) in [5.74, 6) is 0.674. The van der Waals surface area contributed by atoms with E-state index in [1.807, 2.05) is 0 Å². The van der Waals surface area contributed by atoms with Crippen molar-refractivity contribution in [3.05, 3.63) is 29.3 Å². The largest absolute Gasteiger partial charge is 0.491 e. The maximum Gasteiger partial charge on any atom is 0.120 e. The first kappa shape index (κ1) is 10.8. The van der Waals surface area contributed by atoms with E-state index in [-0.39, 0.29) is 6.61 Å². The van der Waals surface area contributed by atoms with Crippen LogP contribution in [0.15, 0.2) is 24.3 Å². The molecular weight excluding hydrogens is 255 g/mol. The first-order valence-electron chi connectivity index (χ1n) is 3.85. The van der Waals surface area contributed by atoms with Crippen molar-refractivity contribution in [1.29, 1.82) is 0 Å². The van der Waals surface area contributed by atoms with Crippen LogP contribution in [-0.4, -0.2) is 23.1 Å². The second-order valence-corrected chi connectivity index (χ2v) is 3.66. The predicted molar refractivity (Wildman–Crippen MR) is 56.7 cm³/mol. The van der Waals surface area contributed by atoms with Crippen molar-refractivity contribution in [2.24, 2.45) is 0 Å². The molecule has 0 aliphatic carbocycles. The number of halogens is 2. The third-order valence-electron chi connectivity index (χ3n) is 1.42. The molecule has 1 aromatic rings. The maximum atomic E-state index is 9.18. The van der Waals surface area contributed by atoms with Crippen LogP contribution in [0.25, 0.3) is 0 Å². The van der Waals surface area contributed by atoms with Gasteiger partial charge in [-0.2, -0.15) is 0 Å². The number of benzene rings is 1. The zero-order valence-electron chi connectivity index (χ0n) is 6.91. The van der Waals surface area contributed by atoms with Crippen LogP contribution >= 0.6 is 27.5 Å².